The third-order valence-electron chi connectivity index (χ3n) is 3.27. The largest absolute Gasteiger partial charge is 0.497 e. The number of hydrogen-bond donors (Lipinski definition) is 1. The van der Waals surface area contributed by atoms with Crippen LogP contribution in [-0.4, -0.2) is 45.1 Å². The minimum atomic E-state index is 0.0139. The van der Waals surface area contributed by atoms with Gasteiger partial charge in [0.2, 0.25) is 0 Å². The van der Waals surface area contributed by atoms with Crippen molar-refractivity contribution in [2.24, 2.45) is 0 Å². The third-order valence-corrected chi connectivity index (χ3v) is 4.37. The molecule has 1 amide bonds. The van der Waals surface area contributed by atoms with Crippen LogP contribution in [0, 0.1) is 0 Å². The number of benzene rings is 1. The lowest BCUT2D eigenvalue weighted by atomic mass is 10.2. The van der Waals surface area contributed by atoms with E-state index >= 15 is 0 Å². The van der Waals surface area contributed by atoms with Crippen molar-refractivity contribution in [1.29, 1.82) is 0 Å². The van der Waals surface area contributed by atoms with Gasteiger partial charge in [-0.1, -0.05) is 0 Å². The van der Waals surface area contributed by atoms with E-state index in [0.717, 1.165) is 46.6 Å². The second-order valence-corrected chi connectivity index (χ2v) is 6.36. The van der Waals surface area contributed by atoms with Gasteiger partial charge in [0.1, 0.15) is 5.75 Å². The lowest BCUT2D eigenvalue weighted by Crippen LogP contribution is -2.24. The van der Waals surface area contributed by atoms with Crippen molar-refractivity contribution >= 4 is 27.3 Å². The van der Waals surface area contributed by atoms with Crippen molar-refractivity contribution in [3.05, 3.63) is 29.1 Å². The molecule has 1 N–H and O–H groups in total. The zero-order valence-corrected chi connectivity index (χ0v) is 13.6. The number of unbranched alkanes of at least 4 members (excludes halogenated alkanes) is 1. The van der Waals surface area contributed by atoms with Crippen LogP contribution >= 0.6 is 11.3 Å². The Morgan fingerprint density at radius 3 is 2.81 bits per heavy atom. The molecule has 0 atom stereocenters. The van der Waals surface area contributed by atoms with Gasteiger partial charge in [0.15, 0.2) is 0 Å². The average Bonchev–Trinajstić information content (AvgIpc) is 2.89. The number of carbonyl (C=O) groups is 1. The molecule has 0 spiro atoms. The number of fused-ring (bicyclic) bond motifs is 1. The van der Waals surface area contributed by atoms with E-state index in [0.29, 0.717) is 0 Å². The molecule has 2 rings (SSSR count). The zero-order valence-electron chi connectivity index (χ0n) is 12.8. The van der Waals surface area contributed by atoms with Crippen LogP contribution in [-0.2, 0) is 0 Å². The van der Waals surface area contributed by atoms with Crippen LogP contribution < -0.4 is 10.1 Å². The molecular formula is C16H22N2O2S. The molecule has 4 nitrogen and oxygen atoms in total. The molecule has 0 saturated carbocycles. The Labute approximate surface area is 129 Å². The third kappa shape index (κ3) is 4.44. The summed E-state index contributed by atoms with van der Waals surface area (Å²) in [4.78, 5) is 15.0. The fourth-order valence-electron chi connectivity index (χ4n) is 2.09. The number of ether oxygens (including phenoxy) is 1. The minimum absolute atomic E-state index is 0.0139. The summed E-state index contributed by atoms with van der Waals surface area (Å²) >= 11 is 1.50. The molecule has 21 heavy (non-hydrogen) atoms. The Morgan fingerprint density at radius 2 is 2.10 bits per heavy atom. The van der Waals surface area contributed by atoms with Crippen molar-refractivity contribution in [1.82, 2.24) is 10.2 Å². The van der Waals surface area contributed by atoms with Crippen LogP contribution in [0.5, 0.6) is 5.75 Å². The van der Waals surface area contributed by atoms with Crippen molar-refractivity contribution in [2.75, 3.05) is 34.3 Å². The minimum Gasteiger partial charge on any atom is -0.497 e. The second-order valence-electron chi connectivity index (χ2n) is 5.28. The molecule has 2 aromatic rings. The molecule has 0 aliphatic rings. The van der Waals surface area contributed by atoms with E-state index in [1.54, 1.807) is 7.11 Å². The van der Waals surface area contributed by atoms with E-state index in [1.807, 2.05) is 24.3 Å². The standard InChI is InChI=1S/C16H22N2O2S/c1-18(2)9-5-4-8-17-16(19)15-10-12-6-7-13(20-3)11-14(12)21-15/h6-7,10-11H,4-5,8-9H2,1-3H3,(H,17,19). The maximum atomic E-state index is 12.1. The molecule has 0 fully saturated rings. The first-order valence-corrected chi connectivity index (χ1v) is 7.92. The second kappa shape index (κ2) is 7.43. The summed E-state index contributed by atoms with van der Waals surface area (Å²) < 4.78 is 6.28. The summed E-state index contributed by atoms with van der Waals surface area (Å²) in [5.74, 6) is 0.833. The first-order valence-electron chi connectivity index (χ1n) is 7.10. The summed E-state index contributed by atoms with van der Waals surface area (Å²) in [6, 6.07) is 7.80. The van der Waals surface area contributed by atoms with Gasteiger partial charge >= 0.3 is 0 Å². The number of amides is 1. The van der Waals surface area contributed by atoms with E-state index in [-0.39, 0.29) is 5.91 Å². The van der Waals surface area contributed by atoms with Gasteiger partial charge in [-0.15, -0.1) is 11.3 Å². The molecule has 0 aliphatic carbocycles. The molecule has 0 aliphatic heterocycles. The van der Waals surface area contributed by atoms with Crippen LogP contribution in [0.4, 0.5) is 0 Å². The lowest BCUT2D eigenvalue weighted by molar-refractivity contribution is 0.0957. The summed E-state index contributed by atoms with van der Waals surface area (Å²) in [5, 5.41) is 4.07. The fourth-order valence-corrected chi connectivity index (χ4v) is 3.10. The molecule has 1 aromatic carbocycles. The predicted octanol–water partition coefficient (Wildman–Crippen LogP) is 2.98. The van der Waals surface area contributed by atoms with Crippen LogP contribution in [0.25, 0.3) is 10.1 Å². The van der Waals surface area contributed by atoms with Crippen molar-refractivity contribution in [3.63, 3.8) is 0 Å². The zero-order chi connectivity index (χ0) is 15.2. The number of thiophene rings is 1. The quantitative estimate of drug-likeness (QED) is 0.800. The summed E-state index contributed by atoms with van der Waals surface area (Å²) in [7, 11) is 5.77. The molecule has 1 heterocycles. The van der Waals surface area contributed by atoms with E-state index in [9.17, 15) is 4.79 Å². The van der Waals surface area contributed by atoms with Gasteiger partial charge < -0.3 is 15.0 Å². The number of nitrogens with zero attached hydrogens (tertiary/aromatic N) is 1. The monoisotopic (exact) mass is 306 g/mol. The SMILES string of the molecule is COc1ccc2cc(C(=O)NCCCCN(C)C)sc2c1. The van der Waals surface area contributed by atoms with Gasteiger partial charge in [-0.3, -0.25) is 4.79 Å². The molecular weight excluding hydrogens is 284 g/mol. The molecule has 0 bridgehead atoms. The van der Waals surface area contributed by atoms with Crippen molar-refractivity contribution in [3.8, 4) is 5.75 Å². The van der Waals surface area contributed by atoms with E-state index in [2.05, 4.69) is 24.3 Å². The van der Waals surface area contributed by atoms with E-state index < -0.39 is 0 Å². The first-order chi connectivity index (χ1) is 10.1. The Bertz CT molecular complexity index is 607. The van der Waals surface area contributed by atoms with Gasteiger partial charge in [-0.2, -0.15) is 0 Å². The van der Waals surface area contributed by atoms with Crippen LogP contribution in [0.3, 0.4) is 0 Å². The van der Waals surface area contributed by atoms with Crippen molar-refractivity contribution < 1.29 is 9.53 Å². The highest BCUT2D eigenvalue weighted by Gasteiger charge is 2.10. The van der Waals surface area contributed by atoms with Gasteiger partial charge in [0.25, 0.3) is 5.91 Å². The molecule has 0 unspecified atom stereocenters. The number of carbonyl (C=O) groups excluding carboxylic acids is 1. The molecule has 114 valence electrons. The van der Waals surface area contributed by atoms with Gasteiger partial charge in [0.05, 0.1) is 12.0 Å². The van der Waals surface area contributed by atoms with Crippen LogP contribution in [0.15, 0.2) is 24.3 Å². The van der Waals surface area contributed by atoms with Gasteiger partial charge in [-0.25, -0.2) is 0 Å². The Kier molecular flexibility index (Phi) is 5.59. The molecule has 5 heteroatoms. The van der Waals surface area contributed by atoms with Gasteiger partial charge in [0, 0.05) is 11.2 Å². The number of hydrogen-bond acceptors (Lipinski definition) is 4. The number of nitrogens with one attached hydrogen (secondary N) is 1. The Balaban J connectivity index is 1.90. The number of methoxy groups -OCH3 is 1. The Morgan fingerprint density at radius 1 is 1.29 bits per heavy atom. The van der Waals surface area contributed by atoms with Crippen LogP contribution in [0.2, 0.25) is 0 Å². The summed E-state index contributed by atoms with van der Waals surface area (Å²) in [5.41, 5.74) is 0. The maximum absolute atomic E-state index is 12.1. The molecule has 0 radical (unpaired) electrons. The molecule has 0 saturated heterocycles. The normalized spacial score (nSPS) is 11.0. The maximum Gasteiger partial charge on any atom is 0.261 e. The Hall–Kier alpha value is -1.59. The summed E-state index contributed by atoms with van der Waals surface area (Å²) in [6.07, 6.45) is 2.10. The smallest absolute Gasteiger partial charge is 0.261 e. The first kappa shape index (κ1) is 15.8. The van der Waals surface area contributed by atoms with E-state index in [4.69, 9.17) is 4.74 Å². The average molecular weight is 306 g/mol. The fraction of sp³-hybridized carbons (Fsp3) is 0.438. The van der Waals surface area contributed by atoms with Crippen molar-refractivity contribution in [2.45, 2.75) is 12.8 Å². The predicted molar refractivity (Wildman–Crippen MR) is 88.5 cm³/mol. The van der Waals surface area contributed by atoms with Crippen LogP contribution in [0.1, 0.15) is 22.5 Å². The van der Waals surface area contributed by atoms with Gasteiger partial charge in [-0.05, 0) is 63.1 Å². The summed E-state index contributed by atoms with van der Waals surface area (Å²) in [6.45, 7) is 1.78. The highest BCUT2D eigenvalue weighted by Crippen LogP contribution is 2.29. The highest BCUT2D eigenvalue weighted by atomic mass is 32.1. The van der Waals surface area contributed by atoms with E-state index in [1.165, 1.54) is 11.3 Å². The highest BCUT2D eigenvalue weighted by molar-refractivity contribution is 7.20. The lowest BCUT2D eigenvalue weighted by Gasteiger charge is -2.08. The molecule has 1 aromatic heterocycles. The number of rotatable bonds is 7. The topological polar surface area (TPSA) is 41.6 Å².